The van der Waals surface area contributed by atoms with Crippen molar-refractivity contribution in [3.63, 3.8) is 0 Å². The summed E-state index contributed by atoms with van der Waals surface area (Å²) < 4.78 is 5.16. The van der Waals surface area contributed by atoms with E-state index in [2.05, 4.69) is 25.7 Å². The first-order chi connectivity index (χ1) is 14.2. The van der Waals surface area contributed by atoms with E-state index in [-0.39, 0.29) is 6.03 Å². The Morgan fingerprint density at radius 2 is 1.69 bits per heavy atom. The van der Waals surface area contributed by atoms with E-state index in [1.165, 1.54) is 12.8 Å². The van der Waals surface area contributed by atoms with Crippen molar-refractivity contribution >= 4 is 23.2 Å². The highest BCUT2D eigenvalue weighted by molar-refractivity contribution is 5.99. The Hall–Kier alpha value is -3.61. The van der Waals surface area contributed by atoms with Crippen LogP contribution in [0.3, 0.4) is 0 Å². The van der Waals surface area contributed by atoms with Crippen molar-refractivity contribution in [2.45, 2.75) is 12.8 Å². The van der Waals surface area contributed by atoms with Gasteiger partial charge in [0.25, 0.3) is 0 Å². The summed E-state index contributed by atoms with van der Waals surface area (Å²) in [6.07, 6.45) is 2.42. The highest BCUT2D eigenvalue weighted by Gasteiger charge is 2.14. The van der Waals surface area contributed by atoms with Crippen LogP contribution < -0.4 is 20.3 Å². The molecular weight excluding hydrogens is 366 g/mol. The number of methoxy groups -OCH3 is 1. The van der Waals surface area contributed by atoms with E-state index in [9.17, 15) is 4.79 Å². The number of amides is 2. The maximum absolute atomic E-state index is 12.2. The Bertz CT molecular complexity index is 967. The third kappa shape index (κ3) is 4.63. The lowest BCUT2D eigenvalue weighted by molar-refractivity contribution is 0.262. The van der Waals surface area contributed by atoms with E-state index in [1.807, 2.05) is 48.5 Å². The molecule has 1 fully saturated rings. The summed E-state index contributed by atoms with van der Waals surface area (Å²) >= 11 is 0. The van der Waals surface area contributed by atoms with Gasteiger partial charge in [-0.2, -0.15) is 0 Å². The fraction of sp³-hybridized carbons (Fsp3) is 0.227. The zero-order valence-corrected chi connectivity index (χ0v) is 16.3. The van der Waals surface area contributed by atoms with Crippen LogP contribution in [0.2, 0.25) is 0 Å². The van der Waals surface area contributed by atoms with Gasteiger partial charge in [-0.1, -0.05) is 18.2 Å². The minimum Gasteiger partial charge on any atom is -0.497 e. The third-order valence-electron chi connectivity index (χ3n) is 4.85. The molecule has 2 aromatic carbocycles. The lowest BCUT2D eigenvalue weighted by atomic mass is 10.1. The van der Waals surface area contributed by atoms with Crippen molar-refractivity contribution in [3.05, 3.63) is 60.7 Å². The van der Waals surface area contributed by atoms with E-state index < -0.39 is 0 Å². The Morgan fingerprint density at radius 3 is 2.38 bits per heavy atom. The van der Waals surface area contributed by atoms with Gasteiger partial charge < -0.3 is 20.3 Å². The predicted molar refractivity (Wildman–Crippen MR) is 115 cm³/mol. The molecule has 1 aromatic heterocycles. The molecule has 0 spiro atoms. The quantitative estimate of drug-likeness (QED) is 0.676. The van der Waals surface area contributed by atoms with Gasteiger partial charge in [0.05, 0.1) is 12.8 Å². The third-order valence-corrected chi connectivity index (χ3v) is 4.85. The predicted octanol–water partition coefficient (Wildman–Crippen LogP) is 4.40. The first-order valence-corrected chi connectivity index (χ1v) is 9.62. The van der Waals surface area contributed by atoms with Crippen LogP contribution in [0.15, 0.2) is 60.7 Å². The molecular formula is C22H23N5O2. The molecule has 0 unspecified atom stereocenters. The molecule has 0 bridgehead atoms. The van der Waals surface area contributed by atoms with Gasteiger partial charge in [0.15, 0.2) is 5.82 Å². The van der Waals surface area contributed by atoms with Crippen molar-refractivity contribution < 1.29 is 9.53 Å². The highest BCUT2D eigenvalue weighted by atomic mass is 16.5. The summed E-state index contributed by atoms with van der Waals surface area (Å²) in [7, 11) is 1.59. The van der Waals surface area contributed by atoms with Gasteiger partial charge in [-0.15, -0.1) is 10.2 Å². The van der Waals surface area contributed by atoms with Crippen molar-refractivity contribution in [2.24, 2.45) is 0 Å². The molecule has 7 nitrogen and oxygen atoms in total. The lowest BCUT2D eigenvalue weighted by Crippen LogP contribution is -2.19. The second kappa shape index (κ2) is 8.60. The van der Waals surface area contributed by atoms with Gasteiger partial charge in [-0.25, -0.2) is 4.79 Å². The lowest BCUT2D eigenvalue weighted by Gasteiger charge is -2.15. The molecule has 4 rings (SSSR count). The molecule has 148 valence electrons. The largest absolute Gasteiger partial charge is 0.497 e. The second-order valence-corrected chi connectivity index (χ2v) is 6.86. The number of urea groups is 1. The van der Waals surface area contributed by atoms with Gasteiger partial charge in [0.2, 0.25) is 0 Å². The number of nitrogens with zero attached hydrogens (tertiary/aromatic N) is 3. The first kappa shape index (κ1) is 18.7. The number of nitrogens with one attached hydrogen (secondary N) is 2. The summed E-state index contributed by atoms with van der Waals surface area (Å²) in [6.45, 7) is 2.10. The first-order valence-electron chi connectivity index (χ1n) is 9.62. The molecule has 7 heteroatoms. The standard InChI is InChI=1S/C22H23N5O2/c1-29-19-6-4-5-18(15-19)24-22(28)23-17-9-7-16(8-10-17)20-11-12-21(26-25-20)27-13-2-3-14-27/h4-12,15H,2-3,13-14H2,1H3,(H2,23,24,28). The number of hydrogen-bond donors (Lipinski definition) is 2. The molecule has 0 aliphatic carbocycles. The molecule has 1 aliphatic rings. The highest BCUT2D eigenvalue weighted by Crippen LogP contribution is 2.23. The number of carbonyl (C=O) groups excluding carboxylic acids is 1. The topological polar surface area (TPSA) is 79.4 Å². The summed E-state index contributed by atoms with van der Waals surface area (Å²) in [4.78, 5) is 14.5. The fourth-order valence-electron chi connectivity index (χ4n) is 3.31. The normalized spacial score (nSPS) is 13.2. The molecule has 1 aliphatic heterocycles. The van der Waals surface area contributed by atoms with Gasteiger partial charge >= 0.3 is 6.03 Å². The molecule has 29 heavy (non-hydrogen) atoms. The van der Waals surface area contributed by atoms with E-state index in [0.29, 0.717) is 17.1 Å². The molecule has 2 N–H and O–H groups in total. The number of ether oxygens (including phenoxy) is 1. The Labute approximate surface area is 169 Å². The van der Waals surface area contributed by atoms with Gasteiger partial charge in [0.1, 0.15) is 5.75 Å². The van der Waals surface area contributed by atoms with Crippen LogP contribution in [0.1, 0.15) is 12.8 Å². The second-order valence-electron chi connectivity index (χ2n) is 6.86. The van der Waals surface area contributed by atoms with E-state index >= 15 is 0 Å². The monoisotopic (exact) mass is 389 g/mol. The number of rotatable bonds is 5. The van der Waals surface area contributed by atoms with Crippen LogP contribution in [0.4, 0.5) is 22.0 Å². The van der Waals surface area contributed by atoms with E-state index in [4.69, 9.17) is 4.74 Å². The number of benzene rings is 2. The summed E-state index contributed by atoms with van der Waals surface area (Å²) in [5.74, 6) is 1.61. The van der Waals surface area contributed by atoms with Crippen LogP contribution in [-0.4, -0.2) is 36.4 Å². The molecule has 0 saturated carbocycles. The molecule has 0 radical (unpaired) electrons. The molecule has 3 aromatic rings. The van der Waals surface area contributed by atoms with E-state index in [0.717, 1.165) is 30.2 Å². The van der Waals surface area contributed by atoms with Crippen LogP contribution in [0.5, 0.6) is 5.75 Å². The van der Waals surface area contributed by atoms with Crippen molar-refractivity contribution in [3.8, 4) is 17.0 Å². The number of anilines is 3. The number of aromatic nitrogens is 2. The minimum absolute atomic E-state index is 0.319. The molecule has 0 atom stereocenters. The Kier molecular flexibility index (Phi) is 5.56. The molecule has 2 heterocycles. The van der Waals surface area contributed by atoms with Crippen LogP contribution in [-0.2, 0) is 0 Å². The molecule has 1 saturated heterocycles. The van der Waals surface area contributed by atoms with Gasteiger partial charge in [-0.3, -0.25) is 0 Å². The van der Waals surface area contributed by atoms with Crippen molar-refractivity contribution in [2.75, 3.05) is 35.7 Å². The fourth-order valence-corrected chi connectivity index (χ4v) is 3.31. The van der Waals surface area contributed by atoms with Crippen molar-refractivity contribution in [1.29, 1.82) is 0 Å². The summed E-state index contributed by atoms with van der Waals surface area (Å²) in [5, 5.41) is 14.3. The zero-order valence-electron chi connectivity index (χ0n) is 16.3. The van der Waals surface area contributed by atoms with Crippen LogP contribution >= 0.6 is 0 Å². The smallest absolute Gasteiger partial charge is 0.323 e. The van der Waals surface area contributed by atoms with Crippen molar-refractivity contribution in [1.82, 2.24) is 10.2 Å². The van der Waals surface area contributed by atoms with Crippen LogP contribution in [0, 0.1) is 0 Å². The average molecular weight is 389 g/mol. The number of hydrogen-bond acceptors (Lipinski definition) is 5. The summed E-state index contributed by atoms with van der Waals surface area (Å²) in [5.41, 5.74) is 3.10. The molecule has 2 amide bonds. The maximum Gasteiger partial charge on any atom is 0.323 e. The summed E-state index contributed by atoms with van der Waals surface area (Å²) in [6, 6.07) is 18.4. The Morgan fingerprint density at radius 1 is 0.931 bits per heavy atom. The number of carbonyl (C=O) groups is 1. The average Bonchev–Trinajstić information content (AvgIpc) is 3.29. The maximum atomic E-state index is 12.2. The Balaban J connectivity index is 1.37. The van der Waals surface area contributed by atoms with Gasteiger partial charge in [0, 0.05) is 36.1 Å². The zero-order chi connectivity index (χ0) is 20.1. The SMILES string of the molecule is COc1cccc(NC(=O)Nc2ccc(-c3ccc(N4CCCC4)nn3)cc2)c1. The van der Waals surface area contributed by atoms with Crippen LogP contribution in [0.25, 0.3) is 11.3 Å². The minimum atomic E-state index is -0.319. The van der Waals surface area contributed by atoms with E-state index in [1.54, 1.807) is 19.2 Å². The van der Waals surface area contributed by atoms with Gasteiger partial charge in [-0.05, 0) is 49.2 Å².